The van der Waals surface area contributed by atoms with Crippen LogP contribution in [-0.4, -0.2) is 28.9 Å². The van der Waals surface area contributed by atoms with Gasteiger partial charge >= 0.3 is 5.97 Å². The Balaban J connectivity index is 3.03. The Morgan fingerprint density at radius 1 is 1.47 bits per heavy atom. The fourth-order valence-corrected chi connectivity index (χ4v) is 1.75. The molecule has 0 fully saturated rings. The van der Waals surface area contributed by atoms with Crippen LogP contribution >= 0.6 is 11.6 Å². The number of carboxylic acid groups (broad SMARTS) is 1. The first-order valence-corrected chi connectivity index (χ1v) is 5.67. The topological polar surface area (TPSA) is 57.6 Å². The molecule has 1 N–H and O–H groups in total. The predicted molar refractivity (Wildman–Crippen MR) is 64.9 cm³/mol. The van der Waals surface area contributed by atoms with Crippen LogP contribution in [0.3, 0.4) is 0 Å². The van der Waals surface area contributed by atoms with Crippen LogP contribution in [0.25, 0.3) is 0 Å². The minimum atomic E-state index is -1.05. The molecule has 17 heavy (non-hydrogen) atoms. The molecular weight excluding hydrogens is 242 g/mol. The lowest BCUT2D eigenvalue weighted by atomic mass is 10.1. The zero-order valence-electron chi connectivity index (χ0n) is 9.47. The molecule has 0 saturated heterocycles. The lowest BCUT2D eigenvalue weighted by Gasteiger charge is -2.24. The van der Waals surface area contributed by atoms with Crippen molar-refractivity contribution in [2.45, 2.75) is 19.4 Å². The maximum atomic E-state index is 11.2. The Morgan fingerprint density at radius 3 is 2.47 bits per heavy atom. The summed E-state index contributed by atoms with van der Waals surface area (Å²) in [5, 5.41) is 9.72. The molecule has 1 aromatic rings. The van der Waals surface area contributed by atoms with Gasteiger partial charge in [0, 0.05) is 11.6 Å². The molecule has 92 valence electrons. The van der Waals surface area contributed by atoms with E-state index < -0.39 is 12.0 Å². The SMILES string of the molecule is CCCN(C=O)C(C(=O)O)c1ccc(Cl)cc1. The molecule has 0 bridgehead atoms. The molecule has 1 amide bonds. The van der Waals surface area contributed by atoms with Crippen LogP contribution in [0.2, 0.25) is 5.02 Å². The Hall–Kier alpha value is -1.55. The van der Waals surface area contributed by atoms with Gasteiger partial charge in [-0.2, -0.15) is 0 Å². The second kappa shape index (κ2) is 6.25. The molecule has 0 radical (unpaired) electrons. The number of carboxylic acids is 1. The van der Waals surface area contributed by atoms with Gasteiger partial charge in [0.15, 0.2) is 6.04 Å². The highest BCUT2D eigenvalue weighted by atomic mass is 35.5. The molecule has 1 atom stereocenters. The average molecular weight is 256 g/mol. The molecule has 5 heteroatoms. The lowest BCUT2D eigenvalue weighted by Crippen LogP contribution is -2.33. The number of benzene rings is 1. The van der Waals surface area contributed by atoms with E-state index in [4.69, 9.17) is 11.6 Å². The minimum Gasteiger partial charge on any atom is -0.479 e. The lowest BCUT2D eigenvalue weighted by molar-refractivity contribution is -0.146. The predicted octanol–water partition coefficient (Wildman–Crippen LogP) is 2.33. The van der Waals surface area contributed by atoms with Gasteiger partial charge < -0.3 is 10.0 Å². The van der Waals surface area contributed by atoms with Gasteiger partial charge in [-0.15, -0.1) is 0 Å². The molecule has 0 aliphatic heterocycles. The van der Waals surface area contributed by atoms with Crippen LogP contribution in [-0.2, 0) is 9.59 Å². The third kappa shape index (κ3) is 3.46. The van der Waals surface area contributed by atoms with Crippen LogP contribution in [0.5, 0.6) is 0 Å². The fraction of sp³-hybridized carbons (Fsp3) is 0.333. The van der Waals surface area contributed by atoms with E-state index >= 15 is 0 Å². The highest BCUT2D eigenvalue weighted by Crippen LogP contribution is 2.22. The van der Waals surface area contributed by atoms with E-state index in [0.717, 1.165) is 0 Å². The van der Waals surface area contributed by atoms with E-state index in [1.807, 2.05) is 6.92 Å². The number of carbonyl (C=O) groups is 2. The fourth-order valence-electron chi connectivity index (χ4n) is 1.62. The monoisotopic (exact) mass is 255 g/mol. The number of carbonyl (C=O) groups excluding carboxylic acids is 1. The van der Waals surface area contributed by atoms with Crippen molar-refractivity contribution in [2.75, 3.05) is 6.54 Å². The van der Waals surface area contributed by atoms with E-state index in [1.54, 1.807) is 24.3 Å². The number of nitrogens with zero attached hydrogens (tertiary/aromatic N) is 1. The van der Waals surface area contributed by atoms with Crippen LogP contribution in [0.15, 0.2) is 24.3 Å². The van der Waals surface area contributed by atoms with Crippen LogP contribution in [0, 0.1) is 0 Å². The Labute approximate surface area is 105 Å². The highest BCUT2D eigenvalue weighted by molar-refractivity contribution is 6.30. The summed E-state index contributed by atoms with van der Waals surface area (Å²) < 4.78 is 0. The minimum absolute atomic E-state index is 0.406. The smallest absolute Gasteiger partial charge is 0.331 e. The molecule has 0 aromatic heterocycles. The number of aliphatic carboxylic acids is 1. The molecule has 0 saturated carbocycles. The summed E-state index contributed by atoms with van der Waals surface area (Å²) in [4.78, 5) is 23.4. The maximum Gasteiger partial charge on any atom is 0.331 e. The van der Waals surface area contributed by atoms with E-state index in [-0.39, 0.29) is 0 Å². The summed E-state index contributed by atoms with van der Waals surface area (Å²) in [5.41, 5.74) is 0.544. The molecule has 4 nitrogen and oxygen atoms in total. The van der Waals surface area contributed by atoms with Gasteiger partial charge in [0.05, 0.1) is 0 Å². The number of halogens is 1. The van der Waals surface area contributed by atoms with Crippen molar-refractivity contribution in [3.63, 3.8) is 0 Å². The summed E-state index contributed by atoms with van der Waals surface area (Å²) in [7, 11) is 0. The summed E-state index contributed by atoms with van der Waals surface area (Å²) in [6.45, 7) is 2.29. The molecule has 0 aliphatic rings. The molecule has 0 spiro atoms. The van der Waals surface area contributed by atoms with Crippen LogP contribution in [0.4, 0.5) is 0 Å². The molecule has 0 heterocycles. The zero-order chi connectivity index (χ0) is 12.8. The number of hydrogen-bond acceptors (Lipinski definition) is 2. The van der Waals surface area contributed by atoms with Crippen LogP contribution < -0.4 is 0 Å². The summed E-state index contributed by atoms with van der Waals surface area (Å²) in [6, 6.07) is 5.51. The van der Waals surface area contributed by atoms with Crippen molar-refractivity contribution in [2.24, 2.45) is 0 Å². The van der Waals surface area contributed by atoms with Crippen LogP contribution in [0.1, 0.15) is 24.9 Å². The van der Waals surface area contributed by atoms with E-state index in [9.17, 15) is 14.7 Å². The number of hydrogen-bond donors (Lipinski definition) is 1. The van der Waals surface area contributed by atoms with Crippen molar-refractivity contribution < 1.29 is 14.7 Å². The molecule has 1 rings (SSSR count). The van der Waals surface area contributed by atoms with Crippen molar-refractivity contribution >= 4 is 24.0 Å². The molecule has 0 aliphatic carbocycles. The Bertz CT molecular complexity index is 391. The van der Waals surface area contributed by atoms with Gasteiger partial charge in [-0.1, -0.05) is 30.7 Å². The normalized spacial score (nSPS) is 11.9. The van der Waals surface area contributed by atoms with Gasteiger partial charge in [0.2, 0.25) is 6.41 Å². The van der Waals surface area contributed by atoms with Crippen molar-refractivity contribution in [1.29, 1.82) is 0 Å². The van der Waals surface area contributed by atoms with Crippen molar-refractivity contribution in [3.05, 3.63) is 34.9 Å². The molecule has 1 aromatic carbocycles. The first-order chi connectivity index (χ1) is 8.10. The standard InChI is InChI=1S/C12H14ClNO3/c1-2-7-14(8-15)11(12(16)17)9-3-5-10(13)6-4-9/h3-6,8,11H,2,7H2,1H3,(H,16,17). The van der Waals surface area contributed by atoms with Gasteiger partial charge in [-0.3, -0.25) is 4.79 Å². The summed E-state index contributed by atoms with van der Waals surface area (Å²) in [5.74, 6) is -1.05. The van der Waals surface area contributed by atoms with E-state index in [2.05, 4.69) is 0 Å². The first kappa shape index (κ1) is 13.5. The highest BCUT2D eigenvalue weighted by Gasteiger charge is 2.25. The third-order valence-corrected chi connectivity index (χ3v) is 2.62. The second-order valence-corrected chi connectivity index (χ2v) is 4.07. The number of rotatable bonds is 6. The van der Waals surface area contributed by atoms with Gasteiger partial charge in [0.1, 0.15) is 0 Å². The Kier molecular flexibility index (Phi) is 4.97. The van der Waals surface area contributed by atoms with E-state index in [1.165, 1.54) is 4.90 Å². The second-order valence-electron chi connectivity index (χ2n) is 3.64. The first-order valence-electron chi connectivity index (χ1n) is 5.29. The Morgan fingerprint density at radius 2 is 2.06 bits per heavy atom. The quantitative estimate of drug-likeness (QED) is 0.794. The summed E-state index contributed by atoms with van der Waals surface area (Å²) >= 11 is 5.74. The van der Waals surface area contributed by atoms with Gasteiger partial charge in [-0.25, -0.2) is 4.79 Å². The zero-order valence-corrected chi connectivity index (χ0v) is 10.2. The summed E-state index contributed by atoms with van der Waals surface area (Å²) in [6.07, 6.45) is 1.27. The van der Waals surface area contributed by atoms with E-state index in [0.29, 0.717) is 30.0 Å². The van der Waals surface area contributed by atoms with Gasteiger partial charge in [0.25, 0.3) is 0 Å². The maximum absolute atomic E-state index is 11.2. The largest absolute Gasteiger partial charge is 0.479 e. The molecular formula is C12H14ClNO3. The number of amides is 1. The van der Waals surface area contributed by atoms with Crippen molar-refractivity contribution in [3.8, 4) is 0 Å². The average Bonchev–Trinajstić information content (AvgIpc) is 2.30. The van der Waals surface area contributed by atoms with Crippen molar-refractivity contribution in [1.82, 2.24) is 4.90 Å². The third-order valence-electron chi connectivity index (χ3n) is 2.37. The van der Waals surface area contributed by atoms with Gasteiger partial charge in [-0.05, 0) is 24.1 Å². The molecule has 1 unspecified atom stereocenters.